The Labute approximate surface area is 95.4 Å². The highest BCUT2D eigenvalue weighted by Gasteiger charge is 2.30. The molecule has 16 heavy (non-hydrogen) atoms. The number of aliphatic hydroxyl groups is 1. The number of piperidine rings is 1. The van der Waals surface area contributed by atoms with Gasteiger partial charge in [-0.2, -0.15) is 0 Å². The highest BCUT2D eigenvalue weighted by atomic mass is 16.3. The van der Waals surface area contributed by atoms with Crippen molar-refractivity contribution in [3.63, 3.8) is 0 Å². The number of amidine groups is 1. The van der Waals surface area contributed by atoms with Crippen LogP contribution < -0.4 is 0 Å². The van der Waals surface area contributed by atoms with Gasteiger partial charge in [-0.3, -0.25) is 4.99 Å². The van der Waals surface area contributed by atoms with Crippen molar-refractivity contribution >= 4 is 5.84 Å². The summed E-state index contributed by atoms with van der Waals surface area (Å²) < 4.78 is 0. The third-order valence-corrected chi connectivity index (χ3v) is 3.40. The topological polar surface area (TPSA) is 35.8 Å². The zero-order chi connectivity index (χ0) is 11.0. The molecule has 2 atom stereocenters. The number of hydrogen-bond donors (Lipinski definition) is 1. The molecule has 1 aromatic carbocycles. The van der Waals surface area contributed by atoms with Crippen molar-refractivity contribution in [3.8, 4) is 0 Å². The van der Waals surface area contributed by atoms with Crippen LogP contribution in [0.4, 0.5) is 0 Å². The first-order valence-corrected chi connectivity index (χ1v) is 5.87. The fraction of sp³-hybridized carbons (Fsp3) is 0.462. The van der Waals surface area contributed by atoms with Crippen LogP contribution in [0.1, 0.15) is 24.4 Å². The molecular weight excluding hydrogens is 200 g/mol. The summed E-state index contributed by atoms with van der Waals surface area (Å²) >= 11 is 0. The first kappa shape index (κ1) is 9.85. The molecule has 2 heterocycles. The molecule has 1 saturated heterocycles. The summed E-state index contributed by atoms with van der Waals surface area (Å²) in [5, 5.41) is 9.61. The van der Waals surface area contributed by atoms with E-state index in [0.29, 0.717) is 0 Å². The summed E-state index contributed by atoms with van der Waals surface area (Å²) in [5.74, 6) is 1.09. The summed E-state index contributed by atoms with van der Waals surface area (Å²) in [7, 11) is 0. The fourth-order valence-electron chi connectivity index (χ4n) is 2.49. The maximum Gasteiger partial charge on any atom is 0.102 e. The third-order valence-electron chi connectivity index (χ3n) is 3.40. The van der Waals surface area contributed by atoms with Crippen LogP contribution in [0.5, 0.6) is 0 Å². The van der Waals surface area contributed by atoms with Crippen molar-refractivity contribution in [2.24, 2.45) is 4.99 Å². The van der Waals surface area contributed by atoms with Crippen LogP contribution in [0.25, 0.3) is 0 Å². The van der Waals surface area contributed by atoms with Crippen LogP contribution in [0.15, 0.2) is 35.3 Å². The lowest BCUT2D eigenvalue weighted by atomic mass is 10.1. The second kappa shape index (κ2) is 3.91. The van der Waals surface area contributed by atoms with Gasteiger partial charge < -0.3 is 10.0 Å². The quantitative estimate of drug-likeness (QED) is 0.774. The summed E-state index contributed by atoms with van der Waals surface area (Å²) in [6.07, 6.45) is 1.41. The Bertz CT molecular complexity index is 402. The number of fused-ring (bicyclic) bond motifs is 1. The Balaban J connectivity index is 1.82. The smallest absolute Gasteiger partial charge is 0.102 e. The SMILES string of the molecule is O[C@H]1CCN2C[C@H](c3ccccc3)N=C2C1. The maximum absolute atomic E-state index is 9.61. The van der Waals surface area contributed by atoms with Gasteiger partial charge in [0.25, 0.3) is 0 Å². The standard InChI is InChI=1S/C13H16N2O/c16-11-6-7-15-9-12(14-13(15)8-11)10-4-2-1-3-5-10/h1-5,11-12,16H,6-9H2/t11-,12+/m0/s1. The van der Waals surface area contributed by atoms with Crippen molar-refractivity contribution in [3.05, 3.63) is 35.9 Å². The summed E-state index contributed by atoms with van der Waals surface area (Å²) in [5.41, 5.74) is 1.28. The van der Waals surface area contributed by atoms with Crippen LogP contribution in [-0.2, 0) is 0 Å². The Hall–Kier alpha value is -1.35. The number of nitrogens with zero attached hydrogens (tertiary/aromatic N) is 2. The average molecular weight is 216 g/mol. The van der Waals surface area contributed by atoms with Crippen molar-refractivity contribution < 1.29 is 5.11 Å². The highest BCUT2D eigenvalue weighted by Crippen LogP contribution is 2.28. The molecule has 0 unspecified atom stereocenters. The molecule has 1 fully saturated rings. The zero-order valence-electron chi connectivity index (χ0n) is 9.21. The van der Waals surface area contributed by atoms with Crippen molar-refractivity contribution in [1.82, 2.24) is 4.90 Å². The van der Waals surface area contributed by atoms with E-state index in [1.807, 2.05) is 6.07 Å². The monoisotopic (exact) mass is 216 g/mol. The minimum atomic E-state index is -0.190. The van der Waals surface area contributed by atoms with Gasteiger partial charge in [-0.25, -0.2) is 0 Å². The lowest BCUT2D eigenvalue weighted by Gasteiger charge is -2.28. The van der Waals surface area contributed by atoms with Gasteiger partial charge in [0.05, 0.1) is 12.1 Å². The Morgan fingerprint density at radius 3 is 2.88 bits per heavy atom. The van der Waals surface area contributed by atoms with Gasteiger partial charge in [-0.1, -0.05) is 30.3 Å². The van der Waals surface area contributed by atoms with E-state index < -0.39 is 0 Å². The molecular formula is C13H16N2O. The molecule has 0 bridgehead atoms. The van der Waals surface area contributed by atoms with Crippen LogP contribution >= 0.6 is 0 Å². The molecule has 0 aliphatic carbocycles. The highest BCUT2D eigenvalue weighted by molar-refractivity contribution is 5.85. The van der Waals surface area contributed by atoms with Crippen molar-refractivity contribution in [1.29, 1.82) is 0 Å². The van der Waals surface area contributed by atoms with Gasteiger partial charge in [0.2, 0.25) is 0 Å². The predicted octanol–water partition coefficient (Wildman–Crippen LogP) is 1.60. The van der Waals surface area contributed by atoms with Gasteiger partial charge in [0, 0.05) is 19.5 Å². The molecule has 3 rings (SSSR count). The summed E-state index contributed by atoms with van der Waals surface area (Å²) in [6, 6.07) is 10.7. The van der Waals surface area contributed by atoms with Crippen LogP contribution in [0.3, 0.4) is 0 Å². The second-order valence-electron chi connectivity index (χ2n) is 4.56. The first-order valence-electron chi connectivity index (χ1n) is 5.87. The van der Waals surface area contributed by atoms with Gasteiger partial charge in [0.15, 0.2) is 0 Å². The summed E-state index contributed by atoms with van der Waals surface area (Å²) in [6.45, 7) is 1.93. The fourth-order valence-corrected chi connectivity index (χ4v) is 2.49. The minimum Gasteiger partial charge on any atom is -0.393 e. The van der Waals surface area contributed by atoms with Gasteiger partial charge >= 0.3 is 0 Å². The van der Waals surface area contributed by atoms with Crippen LogP contribution in [-0.4, -0.2) is 35.0 Å². The van der Waals surface area contributed by atoms with Crippen molar-refractivity contribution in [2.75, 3.05) is 13.1 Å². The van der Waals surface area contributed by atoms with Crippen molar-refractivity contribution in [2.45, 2.75) is 25.0 Å². The number of hydrogen-bond acceptors (Lipinski definition) is 3. The molecule has 0 amide bonds. The van der Waals surface area contributed by atoms with Crippen LogP contribution in [0.2, 0.25) is 0 Å². The molecule has 3 nitrogen and oxygen atoms in total. The molecule has 1 aromatic rings. The lowest BCUT2D eigenvalue weighted by molar-refractivity contribution is 0.143. The van der Waals surface area contributed by atoms with E-state index in [0.717, 1.165) is 31.8 Å². The van der Waals surface area contributed by atoms with Gasteiger partial charge in [-0.15, -0.1) is 0 Å². The zero-order valence-corrected chi connectivity index (χ0v) is 9.21. The van der Waals surface area contributed by atoms with E-state index in [1.165, 1.54) is 5.56 Å². The number of benzene rings is 1. The van der Waals surface area contributed by atoms with E-state index in [-0.39, 0.29) is 12.1 Å². The molecule has 0 spiro atoms. The molecule has 0 saturated carbocycles. The average Bonchev–Trinajstić information content (AvgIpc) is 2.73. The largest absolute Gasteiger partial charge is 0.393 e. The van der Waals surface area contributed by atoms with E-state index in [9.17, 15) is 5.11 Å². The molecule has 1 N–H and O–H groups in total. The Kier molecular flexibility index (Phi) is 2.40. The van der Waals surface area contributed by atoms with E-state index >= 15 is 0 Å². The van der Waals surface area contributed by atoms with Gasteiger partial charge in [-0.05, 0) is 12.0 Å². The molecule has 3 heteroatoms. The number of rotatable bonds is 1. The number of aliphatic imine (C=N–C) groups is 1. The first-order chi connectivity index (χ1) is 7.83. The van der Waals surface area contributed by atoms with E-state index in [4.69, 9.17) is 4.99 Å². The van der Waals surface area contributed by atoms with E-state index in [1.54, 1.807) is 0 Å². The normalized spacial score (nSPS) is 28.8. The molecule has 2 aliphatic heterocycles. The van der Waals surface area contributed by atoms with Gasteiger partial charge in [0.1, 0.15) is 5.84 Å². The molecule has 0 aromatic heterocycles. The number of aliphatic hydroxyl groups excluding tert-OH is 1. The molecule has 84 valence electrons. The second-order valence-corrected chi connectivity index (χ2v) is 4.56. The van der Waals surface area contributed by atoms with E-state index in [2.05, 4.69) is 29.2 Å². The van der Waals surface area contributed by atoms with Crippen LogP contribution in [0, 0.1) is 0 Å². The molecule has 0 radical (unpaired) electrons. The Morgan fingerprint density at radius 1 is 1.25 bits per heavy atom. The Morgan fingerprint density at radius 2 is 2.06 bits per heavy atom. The lowest BCUT2D eigenvalue weighted by Crippen LogP contribution is -2.38. The minimum absolute atomic E-state index is 0.190. The molecule has 2 aliphatic rings. The maximum atomic E-state index is 9.61. The third kappa shape index (κ3) is 1.71. The summed E-state index contributed by atoms with van der Waals surface area (Å²) in [4.78, 5) is 7.02. The predicted molar refractivity (Wildman–Crippen MR) is 63.4 cm³/mol.